The number of nitrogens with zero attached hydrogens (tertiary/aromatic N) is 2. The van der Waals surface area contributed by atoms with Crippen LogP contribution < -0.4 is 11.1 Å². The number of likely N-dealkylation sites (N-methyl/N-ethyl adjacent to an activating group) is 1. The van der Waals surface area contributed by atoms with E-state index in [9.17, 15) is 3.89 Å². The van der Waals surface area contributed by atoms with E-state index in [-0.39, 0.29) is 12.3 Å². The average Bonchev–Trinajstić information content (AvgIpc) is 3.45. The van der Waals surface area contributed by atoms with E-state index in [4.69, 9.17) is 5.73 Å². The number of unbranched alkanes of at least 4 members (excludes halogenated alkanes) is 2. The molecular formula is C26H46FN4PS2. The molecule has 0 spiro atoms. The summed E-state index contributed by atoms with van der Waals surface area (Å²) in [5, 5.41) is 4.09. The van der Waals surface area contributed by atoms with Crippen LogP contribution in [0.4, 0.5) is 3.89 Å². The second-order valence-corrected chi connectivity index (χ2v) is 11.9. The summed E-state index contributed by atoms with van der Waals surface area (Å²) in [5.74, 6) is 1.24. The maximum atomic E-state index is 12.3. The highest BCUT2D eigenvalue weighted by atomic mass is 32.2. The van der Waals surface area contributed by atoms with Crippen molar-refractivity contribution in [1.82, 2.24) is 8.80 Å². The molecule has 0 aromatic rings. The quantitative estimate of drug-likeness (QED) is 0.109. The second kappa shape index (κ2) is 17.6. The summed E-state index contributed by atoms with van der Waals surface area (Å²) in [6, 6.07) is 0. The largest absolute Gasteiger partial charge is 0.392 e. The molecule has 0 heterocycles. The van der Waals surface area contributed by atoms with Gasteiger partial charge in [0, 0.05) is 25.5 Å². The molecule has 0 aromatic carbocycles. The SMILES string of the molecule is C=C1CCC(CCCCCN=C/C=C(\N)SN(P)SF)/C1=C(\NC)C1=C(C(C)C)CCC1.CC. The van der Waals surface area contributed by atoms with E-state index in [1.165, 1.54) is 65.3 Å². The van der Waals surface area contributed by atoms with E-state index >= 15 is 0 Å². The minimum Gasteiger partial charge on any atom is -0.392 e. The molecule has 1 fully saturated rings. The smallest absolute Gasteiger partial charge is 0.149 e. The van der Waals surface area contributed by atoms with Gasteiger partial charge in [0.2, 0.25) is 0 Å². The normalized spacial score (nSPS) is 20.6. The molecule has 0 radical (unpaired) electrons. The lowest BCUT2D eigenvalue weighted by Gasteiger charge is -2.21. The van der Waals surface area contributed by atoms with Crippen molar-refractivity contribution < 1.29 is 3.89 Å². The first kappa shape index (κ1) is 31.3. The van der Waals surface area contributed by atoms with Gasteiger partial charge in [-0.25, -0.2) is 0 Å². The van der Waals surface area contributed by atoms with Crippen LogP contribution in [-0.4, -0.2) is 23.3 Å². The maximum Gasteiger partial charge on any atom is 0.149 e. The third-order valence-corrected chi connectivity index (χ3v) is 7.92. The Labute approximate surface area is 219 Å². The van der Waals surface area contributed by atoms with Gasteiger partial charge in [0.05, 0.1) is 5.03 Å². The minimum atomic E-state index is 0.107. The molecule has 2 atom stereocenters. The molecule has 0 aliphatic heterocycles. The molecule has 0 amide bonds. The molecule has 2 aliphatic carbocycles. The van der Waals surface area contributed by atoms with Crippen LogP contribution >= 0.6 is 33.7 Å². The number of nitrogens with one attached hydrogen (secondary N) is 1. The van der Waals surface area contributed by atoms with Gasteiger partial charge in [-0.3, -0.25) is 4.99 Å². The summed E-state index contributed by atoms with van der Waals surface area (Å²) in [4.78, 5) is 4.40. The van der Waals surface area contributed by atoms with Crippen LogP contribution in [0.1, 0.15) is 85.5 Å². The molecule has 2 unspecified atom stereocenters. The van der Waals surface area contributed by atoms with Crippen LogP contribution in [0.3, 0.4) is 0 Å². The van der Waals surface area contributed by atoms with E-state index in [0.29, 0.717) is 16.9 Å². The zero-order valence-electron chi connectivity index (χ0n) is 21.8. The van der Waals surface area contributed by atoms with Crippen molar-refractivity contribution in [3.8, 4) is 0 Å². The highest BCUT2D eigenvalue weighted by Crippen LogP contribution is 2.44. The summed E-state index contributed by atoms with van der Waals surface area (Å²) in [7, 11) is 4.32. The van der Waals surface area contributed by atoms with Crippen LogP contribution in [0.15, 0.2) is 50.7 Å². The van der Waals surface area contributed by atoms with Crippen molar-refractivity contribution in [2.24, 2.45) is 22.6 Å². The fourth-order valence-electron chi connectivity index (χ4n) is 4.84. The fraction of sp³-hybridized carbons (Fsp3) is 0.654. The number of hydrogen-bond acceptors (Lipinski definition) is 6. The van der Waals surface area contributed by atoms with E-state index in [2.05, 4.69) is 47.2 Å². The van der Waals surface area contributed by atoms with Gasteiger partial charge >= 0.3 is 0 Å². The topological polar surface area (TPSA) is 53.6 Å². The molecule has 2 rings (SSSR count). The standard InChI is InChI=1S/C24H40FN4PS2.C2H6/c1-17(2)20-10-8-11-21(20)24(27-4)23-18(3)12-13-19(23)9-6-5-7-15-28-16-14-22(26)31-29(30)32-25;1-2/h14,16-17,19,27H,3,5-13,15,26,30H2,1-2,4H3;1-2H3/b22-14+,24-23-,28-16?;. The third kappa shape index (κ3) is 10.1. The highest BCUT2D eigenvalue weighted by Gasteiger charge is 2.30. The van der Waals surface area contributed by atoms with Gasteiger partial charge in [-0.05, 0) is 101 Å². The molecular weight excluding hydrogens is 482 g/mol. The predicted octanol–water partition coefficient (Wildman–Crippen LogP) is 8.29. The van der Waals surface area contributed by atoms with Crippen molar-refractivity contribution in [3.63, 3.8) is 0 Å². The molecule has 34 heavy (non-hydrogen) atoms. The molecule has 1 saturated carbocycles. The molecule has 194 valence electrons. The molecule has 0 bridgehead atoms. The summed E-state index contributed by atoms with van der Waals surface area (Å²) >= 11 is 1.22. The molecule has 0 saturated heterocycles. The Balaban J connectivity index is 0.00000281. The van der Waals surface area contributed by atoms with E-state index in [0.717, 1.165) is 31.3 Å². The number of nitrogens with two attached hydrogens (primary N) is 1. The van der Waals surface area contributed by atoms with Crippen molar-refractivity contribution >= 4 is 39.9 Å². The number of hydrogen-bond donors (Lipinski definition) is 2. The average molecular weight is 529 g/mol. The van der Waals surface area contributed by atoms with Gasteiger partial charge in [-0.1, -0.05) is 52.7 Å². The van der Waals surface area contributed by atoms with Crippen LogP contribution in [0.2, 0.25) is 0 Å². The minimum absolute atomic E-state index is 0.107. The lowest BCUT2D eigenvalue weighted by Crippen LogP contribution is -2.15. The van der Waals surface area contributed by atoms with E-state index < -0.39 is 0 Å². The number of allylic oxidation sites excluding steroid dienone is 5. The van der Waals surface area contributed by atoms with Crippen LogP contribution in [-0.2, 0) is 0 Å². The highest BCUT2D eigenvalue weighted by molar-refractivity contribution is 8.15. The van der Waals surface area contributed by atoms with Gasteiger partial charge in [0.25, 0.3) is 0 Å². The number of rotatable bonds is 13. The van der Waals surface area contributed by atoms with Gasteiger partial charge in [0.1, 0.15) is 12.3 Å². The van der Waals surface area contributed by atoms with E-state index in [1.54, 1.807) is 23.4 Å². The summed E-state index contributed by atoms with van der Waals surface area (Å²) < 4.78 is 13.6. The zero-order chi connectivity index (χ0) is 25.5. The molecule has 0 aromatic heterocycles. The Morgan fingerprint density at radius 2 is 2.03 bits per heavy atom. The Hall–Kier alpha value is -0.750. The van der Waals surface area contributed by atoms with Gasteiger partial charge in [-0.15, -0.1) is 7.37 Å². The maximum absolute atomic E-state index is 12.3. The van der Waals surface area contributed by atoms with Gasteiger partial charge in [-0.2, -0.15) is 0 Å². The number of aliphatic imine (C=N–C) groups is 1. The zero-order valence-corrected chi connectivity index (χ0v) is 24.6. The summed E-state index contributed by atoms with van der Waals surface area (Å²) in [5.41, 5.74) is 13.2. The first-order valence-corrected chi connectivity index (χ1v) is 14.6. The fourth-order valence-corrected chi connectivity index (χ4v) is 5.91. The van der Waals surface area contributed by atoms with Gasteiger partial charge in [0.15, 0.2) is 0 Å². The first-order valence-electron chi connectivity index (χ1n) is 12.7. The lowest BCUT2D eigenvalue weighted by molar-refractivity contribution is 0.518. The summed E-state index contributed by atoms with van der Waals surface area (Å²) in [6.07, 6.45) is 14.2. The van der Waals surface area contributed by atoms with Crippen molar-refractivity contribution in [2.45, 2.75) is 85.5 Å². The predicted molar refractivity (Wildman–Crippen MR) is 157 cm³/mol. The lowest BCUT2D eigenvalue weighted by atomic mass is 9.88. The Morgan fingerprint density at radius 3 is 2.68 bits per heavy atom. The second-order valence-electron chi connectivity index (χ2n) is 8.81. The summed E-state index contributed by atoms with van der Waals surface area (Å²) in [6.45, 7) is 13.9. The van der Waals surface area contributed by atoms with Crippen molar-refractivity contribution in [3.05, 3.63) is 45.7 Å². The number of halogens is 1. The Morgan fingerprint density at radius 1 is 1.29 bits per heavy atom. The van der Waals surface area contributed by atoms with Crippen molar-refractivity contribution in [1.29, 1.82) is 0 Å². The molecule has 4 nitrogen and oxygen atoms in total. The van der Waals surface area contributed by atoms with Crippen LogP contribution in [0, 0.1) is 11.8 Å². The molecule has 3 N–H and O–H groups in total. The Kier molecular flexibility index (Phi) is 16.2. The third-order valence-electron chi connectivity index (χ3n) is 6.31. The van der Waals surface area contributed by atoms with Crippen molar-refractivity contribution in [2.75, 3.05) is 13.6 Å². The molecule has 8 heteroatoms. The van der Waals surface area contributed by atoms with Crippen LogP contribution in [0.5, 0.6) is 0 Å². The van der Waals surface area contributed by atoms with E-state index in [1.807, 2.05) is 13.8 Å². The first-order chi connectivity index (χ1) is 16.4. The Bertz CT molecular complexity index is 762. The monoisotopic (exact) mass is 528 g/mol. The molecule has 2 aliphatic rings. The van der Waals surface area contributed by atoms with Gasteiger partial charge < -0.3 is 11.1 Å². The van der Waals surface area contributed by atoms with Crippen LogP contribution in [0.25, 0.3) is 0 Å².